The number of carboxylic acid groups (broad SMARTS) is 1. The number of carboxylic acids is 1. The molecule has 0 aliphatic carbocycles. The van der Waals surface area contributed by atoms with Gasteiger partial charge in [-0.3, -0.25) is 14.5 Å². The van der Waals surface area contributed by atoms with E-state index < -0.39 is 17.9 Å². The Labute approximate surface area is 254 Å². The highest BCUT2D eigenvalue weighted by Gasteiger charge is 2.31. The number of hydrogen-bond donors (Lipinski definition) is 3. The number of carbonyl (C=O) groups excluding carboxylic acids is 2. The maximum atomic E-state index is 13.6. The first-order chi connectivity index (χ1) is 21.4. The monoisotopic (exact) mass is 591 g/mol. The molecule has 2 amide bonds. The molecule has 3 N–H and O–H groups in total. The molecule has 0 unspecified atom stereocenters. The molecule has 11 heteroatoms. The van der Waals surface area contributed by atoms with Gasteiger partial charge in [0, 0.05) is 37.1 Å². The van der Waals surface area contributed by atoms with Gasteiger partial charge in [0.1, 0.15) is 11.7 Å². The number of aromatic carboxylic acids is 1. The van der Waals surface area contributed by atoms with Crippen molar-refractivity contribution in [1.82, 2.24) is 35.1 Å². The van der Waals surface area contributed by atoms with E-state index in [4.69, 9.17) is 0 Å². The highest BCUT2D eigenvalue weighted by atomic mass is 16.4. The summed E-state index contributed by atoms with van der Waals surface area (Å²) < 4.78 is 1.22. The molecule has 0 spiro atoms. The molecule has 2 aromatic heterocycles. The third-order valence-electron chi connectivity index (χ3n) is 8.12. The number of carbonyl (C=O) groups is 3. The third-order valence-corrected chi connectivity index (χ3v) is 8.12. The maximum Gasteiger partial charge on any atom is 0.356 e. The third kappa shape index (κ3) is 5.69. The molecule has 3 aromatic carbocycles. The van der Waals surface area contributed by atoms with E-state index in [-0.39, 0.29) is 23.3 Å². The van der Waals surface area contributed by atoms with Crippen molar-refractivity contribution in [2.75, 3.05) is 26.2 Å². The van der Waals surface area contributed by atoms with Crippen LogP contribution in [0.5, 0.6) is 0 Å². The summed E-state index contributed by atoms with van der Waals surface area (Å²) in [6, 6.07) is 27.1. The summed E-state index contributed by atoms with van der Waals surface area (Å²) in [5.74, 6) is -1.69. The zero-order valence-corrected chi connectivity index (χ0v) is 24.3. The van der Waals surface area contributed by atoms with Crippen molar-refractivity contribution < 1.29 is 19.5 Å². The molecule has 1 aliphatic rings. The van der Waals surface area contributed by atoms with Gasteiger partial charge in [0.25, 0.3) is 5.91 Å². The number of benzene rings is 3. The van der Waals surface area contributed by atoms with E-state index in [1.54, 1.807) is 24.3 Å². The quantitative estimate of drug-likeness (QED) is 0.237. The van der Waals surface area contributed by atoms with Crippen molar-refractivity contribution in [2.24, 2.45) is 0 Å². The average Bonchev–Trinajstić information content (AvgIpc) is 3.73. The molecule has 1 aliphatic heterocycles. The van der Waals surface area contributed by atoms with Crippen LogP contribution >= 0.6 is 0 Å². The summed E-state index contributed by atoms with van der Waals surface area (Å²) in [5.41, 5.74) is 3.68. The van der Waals surface area contributed by atoms with E-state index in [0.717, 1.165) is 0 Å². The predicted molar refractivity (Wildman–Crippen MR) is 165 cm³/mol. The lowest BCUT2D eigenvalue weighted by atomic mass is 9.96. The molecule has 3 heterocycles. The van der Waals surface area contributed by atoms with Gasteiger partial charge in [0.2, 0.25) is 5.91 Å². The van der Waals surface area contributed by atoms with Crippen LogP contribution in [0.2, 0.25) is 0 Å². The minimum absolute atomic E-state index is 0.0901. The van der Waals surface area contributed by atoms with Crippen LogP contribution in [-0.2, 0) is 4.79 Å². The summed E-state index contributed by atoms with van der Waals surface area (Å²) in [7, 11) is 0. The van der Waals surface area contributed by atoms with Crippen molar-refractivity contribution in [3.63, 3.8) is 0 Å². The van der Waals surface area contributed by atoms with E-state index in [1.165, 1.54) is 22.0 Å². The summed E-state index contributed by atoms with van der Waals surface area (Å²) in [4.78, 5) is 45.9. The van der Waals surface area contributed by atoms with E-state index in [9.17, 15) is 19.5 Å². The first-order valence-corrected chi connectivity index (χ1v) is 14.6. The number of amides is 2. The molecule has 1 fully saturated rings. The molecule has 44 heavy (non-hydrogen) atoms. The number of H-pyrrole nitrogens is 1. The van der Waals surface area contributed by atoms with Gasteiger partial charge in [0.15, 0.2) is 5.69 Å². The number of fused-ring (bicyclic) bond motifs is 1. The highest BCUT2D eigenvalue weighted by molar-refractivity contribution is 6.02. The number of nitrogens with zero attached hydrogens (tertiary/aromatic N) is 5. The van der Waals surface area contributed by atoms with Crippen LogP contribution < -0.4 is 5.32 Å². The molecular formula is C33H33N7O4. The molecular weight excluding hydrogens is 558 g/mol. The van der Waals surface area contributed by atoms with Crippen LogP contribution in [0.25, 0.3) is 16.6 Å². The normalized spacial score (nSPS) is 14.5. The van der Waals surface area contributed by atoms with Crippen LogP contribution in [0, 0.1) is 0 Å². The topological polar surface area (TPSA) is 136 Å². The standard InChI is InChI=1S/C33H33N7O4/c1-2-25(36-31(41)27-20-24-26(35-27)14-9-15-28(24)40-29(33(43)44)21-34-37-40)32(42)39-18-16-38(17-19-39)30(22-10-5-3-6-11-22)23-12-7-4-8-13-23/h3-15,20-21,25,30,35H,2,16-19H2,1H3,(H,36,41)(H,43,44)/t25-/m0/s1. The zero-order valence-electron chi connectivity index (χ0n) is 24.3. The van der Waals surface area contributed by atoms with E-state index >= 15 is 0 Å². The Hall–Kier alpha value is -5.29. The van der Waals surface area contributed by atoms with Gasteiger partial charge in [0.05, 0.1) is 17.9 Å². The van der Waals surface area contributed by atoms with E-state index in [1.807, 2.05) is 24.0 Å². The van der Waals surface area contributed by atoms with Crippen LogP contribution in [0.3, 0.4) is 0 Å². The van der Waals surface area contributed by atoms with Gasteiger partial charge >= 0.3 is 5.97 Å². The maximum absolute atomic E-state index is 13.6. The average molecular weight is 592 g/mol. The smallest absolute Gasteiger partial charge is 0.356 e. The summed E-state index contributed by atoms with van der Waals surface area (Å²) >= 11 is 0. The highest BCUT2D eigenvalue weighted by Crippen LogP contribution is 2.30. The Morgan fingerprint density at radius 1 is 0.909 bits per heavy atom. The van der Waals surface area contributed by atoms with Gasteiger partial charge in [-0.15, -0.1) is 5.10 Å². The Balaban J connectivity index is 1.14. The van der Waals surface area contributed by atoms with Gasteiger partial charge in [-0.25, -0.2) is 9.48 Å². The lowest BCUT2D eigenvalue weighted by molar-refractivity contribution is -0.135. The largest absolute Gasteiger partial charge is 0.476 e. The van der Waals surface area contributed by atoms with Crippen molar-refractivity contribution in [3.05, 3.63) is 114 Å². The van der Waals surface area contributed by atoms with E-state index in [2.05, 4.69) is 74.0 Å². The summed E-state index contributed by atoms with van der Waals surface area (Å²) in [6.07, 6.45) is 1.61. The second-order valence-corrected chi connectivity index (χ2v) is 10.8. The molecule has 5 aromatic rings. The Kier molecular flexibility index (Phi) is 8.20. The second-order valence-electron chi connectivity index (χ2n) is 10.8. The first kappa shape index (κ1) is 28.8. The molecule has 224 valence electrons. The fourth-order valence-electron chi connectivity index (χ4n) is 5.89. The first-order valence-electron chi connectivity index (χ1n) is 14.6. The van der Waals surface area contributed by atoms with Crippen LogP contribution in [-0.4, -0.2) is 84.9 Å². The Morgan fingerprint density at radius 3 is 2.18 bits per heavy atom. The van der Waals surface area contributed by atoms with Crippen LogP contribution in [0.4, 0.5) is 0 Å². The van der Waals surface area contributed by atoms with Crippen molar-refractivity contribution in [3.8, 4) is 5.69 Å². The van der Waals surface area contributed by atoms with E-state index in [0.29, 0.717) is 49.2 Å². The fourth-order valence-corrected chi connectivity index (χ4v) is 5.89. The second kappa shape index (κ2) is 12.5. The summed E-state index contributed by atoms with van der Waals surface area (Å²) in [5, 5.41) is 20.7. The number of aromatic nitrogens is 4. The molecule has 0 radical (unpaired) electrons. The van der Waals surface area contributed by atoms with Crippen LogP contribution in [0.1, 0.15) is 51.5 Å². The van der Waals surface area contributed by atoms with Gasteiger partial charge in [-0.1, -0.05) is 78.9 Å². The van der Waals surface area contributed by atoms with Crippen molar-refractivity contribution in [1.29, 1.82) is 0 Å². The van der Waals surface area contributed by atoms with Gasteiger partial charge in [-0.2, -0.15) is 0 Å². The number of piperazine rings is 1. The molecule has 1 saturated heterocycles. The fraction of sp³-hybridized carbons (Fsp3) is 0.242. The lowest BCUT2D eigenvalue weighted by Gasteiger charge is -2.40. The SMILES string of the molecule is CC[C@H](NC(=O)c1cc2c(-n3nncc3C(=O)O)cccc2[nH]1)C(=O)N1CCN(C(c2ccccc2)c2ccccc2)CC1. The summed E-state index contributed by atoms with van der Waals surface area (Å²) in [6.45, 7) is 4.40. The molecule has 0 bridgehead atoms. The zero-order chi connectivity index (χ0) is 30.6. The number of nitrogens with one attached hydrogen (secondary N) is 2. The predicted octanol–water partition coefficient (Wildman–Crippen LogP) is 3.89. The lowest BCUT2D eigenvalue weighted by Crippen LogP contribution is -2.55. The van der Waals surface area contributed by atoms with Crippen molar-refractivity contribution in [2.45, 2.75) is 25.4 Å². The molecule has 11 nitrogen and oxygen atoms in total. The number of hydrogen-bond acceptors (Lipinski definition) is 6. The van der Waals surface area contributed by atoms with Gasteiger partial charge < -0.3 is 20.3 Å². The minimum Gasteiger partial charge on any atom is -0.476 e. The minimum atomic E-state index is -1.17. The molecule has 0 saturated carbocycles. The Morgan fingerprint density at radius 2 is 1.57 bits per heavy atom. The van der Waals surface area contributed by atoms with Gasteiger partial charge in [-0.05, 0) is 35.7 Å². The Bertz CT molecular complexity index is 1740. The molecule has 6 rings (SSSR count). The van der Waals surface area contributed by atoms with Crippen LogP contribution in [0.15, 0.2) is 91.1 Å². The number of aromatic amines is 1. The number of rotatable bonds is 9. The molecule has 1 atom stereocenters. The van der Waals surface area contributed by atoms with Crippen molar-refractivity contribution >= 4 is 28.7 Å².